The fourth-order valence-corrected chi connectivity index (χ4v) is 3.37. The molecular formula is C19H20N8. The van der Waals surface area contributed by atoms with Crippen molar-refractivity contribution in [3.05, 3.63) is 53.7 Å². The number of hydrogen-bond donors (Lipinski definition) is 0. The van der Waals surface area contributed by atoms with E-state index in [0.717, 1.165) is 54.9 Å². The summed E-state index contributed by atoms with van der Waals surface area (Å²) < 4.78 is 1.72. The number of anilines is 2. The topological polar surface area (TPSA) is 86.8 Å². The number of aryl methyl sites for hydroxylation is 2. The molecule has 8 nitrogen and oxygen atoms in total. The van der Waals surface area contributed by atoms with E-state index in [-0.39, 0.29) is 0 Å². The summed E-state index contributed by atoms with van der Waals surface area (Å²) >= 11 is 0. The molecule has 0 spiro atoms. The molecule has 4 rings (SSSR count). The molecule has 27 heavy (non-hydrogen) atoms. The second-order valence-corrected chi connectivity index (χ2v) is 6.55. The molecule has 0 N–H and O–H groups in total. The van der Waals surface area contributed by atoms with Gasteiger partial charge in [-0.05, 0) is 31.5 Å². The molecule has 1 aliphatic rings. The summed E-state index contributed by atoms with van der Waals surface area (Å²) in [5.74, 6) is 2.41. The van der Waals surface area contributed by atoms with Crippen molar-refractivity contribution in [2.75, 3.05) is 36.0 Å². The lowest BCUT2D eigenvalue weighted by Gasteiger charge is -2.36. The smallest absolute Gasteiger partial charge is 0.158 e. The lowest BCUT2D eigenvalue weighted by molar-refractivity contribution is 0.638. The number of nitriles is 1. The summed E-state index contributed by atoms with van der Waals surface area (Å²) in [7, 11) is 0. The van der Waals surface area contributed by atoms with E-state index in [2.05, 4.69) is 35.9 Å². The second-order valence-electron chi connectivity index (χ2n) is 6.55. The summed E-state index contributed by atoms with van der Waals surface area (Å²) in [5, 5.41) is 13.7. The van der Waals surface area contributed by atoms with E-state index in [1.165, 1.54) is 0 Å². The molecule has 0 radical (unpaired) electrons. The van der Waals surface area contributed by atoms with Crippen LogP contribution in [0.1, 0.15) is 16.8 Å². The molecule has 0 atom stereocenters. The zero-order valence-electron chi connectivity index (χ0n) is 15.4. The standard InChI is InChI=1S/C19H20N8/c1-14-10-15(2)24-19(16(14)12-20)26-8-6-25(7-9-26)17-11-18(22-13-21-17)27-5-3-4-23-27/h3-5,10-11,13H,6-9H2,1-2H3. The maximum Gasteiger partial charge on any atom is 0.158 e. The predicted octanol–water partition coefficient (Wildman–Crippen LogP) is 1.87. The number of nitrogens with zero attached hydrogens (tertiary/aromatic N) is 8. The van der Waals surface area contributed by atoms with Crippen molar-refractivity contribution >= 4 is 11.6 Å². The Bertz CT molecular complexity index is 981. The quantitative estimate of drug-likeness (QED) is 0.705. The van der Waals surface area contributed by atoms with Crippen molar-refractivity contribution in [1.82, 2.24) is 24.7 Å². The van der Waals surface area contributed by atoms with Gasteiger partial charge in [-0.2, -0.15) is 10.4 Å². The van der Waals surface area contributed by atoms with E-state index in [9.17, 15) is 5.26 Å². The third-order valence-corrected chi connectivity index (χ3v) is 4.72. The van der Waals surface area contributed by atoms with Crippen LogP contribution in [-0.2, 0) is 0 Å². The third kappa shape index (κ3) is 3.31. The molecule has 8 heteroatoms. The average Bonchev–Trinajstić information content (AvgIpc) is 3.23. The Morgan fingerprint density at radius 2 is 1.74 bits per heavy atom. The van der Waals surface area contributed by atoms with Crippen LogP contribution in [0.25, 0.3) is 5.82 Å². The van der Waals surface area contributed by atoms with Crippen LogP contribution in [0.4, 0.5) is 11.6 Å². The van der Waals surface area contributed by atoms with Gasteiger partial charge in [-0.3, -0.25) is 0 Å². The first kappa shape index (κ1) is 17.0. The predicted molar refractivity (Wildman–Crippen MR) is 102 cm³/mol. The van der Waals surface area contributed by atoms with Crippen molar-refractivity contribution in [3.8, 4) is 11.9 Å². The fourth-order valence-electron chi connectivity index (χ4n) is 3.37. The lowest BCUT2D eigenvalue weighted by Crippen LogP contribution is -2.47. The normalized spacial score (nSPS) is 14.3. The fraction of sp³-hybridized carbons (Fsp3) is 0.316. The van der Waals surface area contributed by atoms with Gasteiger partial charge in [0.2, 0.25) is 0 Å². The second kappa shape index (κ2) is 7.03. The highest BCUT2D eigenvalue weighted by Gasteiger charge is 2.22. The number of hydrogen-bond acceptors (Lipinski definition) is 7. The van der Waals surface area contributed by atoms with Gasteiger partial charge in [-0.15, -0.1) is 0 Å². The highest BCUT2D eigenvalue weighted by Crippen LogP contribution is 2.24. The Kier molecular flexibility index (Phi) is 4.42. The number of rotatable bonds is 3. The molecule has 0 amide bonds. The van der Waals surface area contributed by atoms with Crippen molar-refractivity contribution in [2.24, 2.45) is 0 Å². The van der Waals surface area contributed by atoms with Gasteiger partial charge in [0.05, 0.1) is 5.56 Å². The van der Waals surface area contributed by atoms with Gasteiger partial charge in [0.1, 0.15) is 24.0 Å². The van der Waals surface area contributed by atoms with E-state index in [0.29, 0.717) is 5.56 Å². The third-order valence-electron chi connectivity index (χ3n) is 4.72. The molecule has 1 aliphatic heterocycles. The molecule has 0 aliphatic carbocycles. The Morgan fingerprint density at radius 3 is 2.44 bits per heavy atom. The first-order valence-electron chi connectivity index (χ1n) is 8.86. The van der Waals surface area contributed by atoms with Gasteiger partial charge in [0.15, 0.2) is 5.82 Å². The van der Waals surface area contributed by atoms with Crippen LogP contribution in [0.15, 0.2) is 36.9 Å². The summed E-state index contributed by atoms with van der Waals surface area (Å²) in [6.07, 6.45) is 5.15. The highest BCUT2D eigenvalue weighted by molar-refractivity contribution is 5.59. The summed E-state index contributed by atoms with van der Waals surface area (Å²) in [5.41, 5.74) is 2.57. The molecule has 1 fully saturated rings. The van der Waals surface area contributed by atoms with Gasteiger partial charge < -0.3 is 9.80 Å². The maximum absolute atomic E-state index is 9.52. The van der Waals surface area contributed by atoms with E-state index in [1.54, 1.807) is 17.2 Å². The summed E-state index contributed by atoms with van der Waals surface area (Å²) in [6.45, 7) is 7.10. The zero-order valence-corrected chi connectivity index (χ0v) is 15.4. The van der Waals surface area contributed by atoms with Crippen molar-refractivity contribution in [1.29, 1.82) is 5.26 Å². The molecule has 0 saturated carbocycles. The van der Waals surface area contributed by atoms with E-state index in [1.807, 2.05) is 38.2 Å². The molecule has 0 unspecified atom stereocenters. The number of aromatic nitrogens is 5. The first-order valence-corrected chi connectivity index (χ1v) is 8.86. The lowest BCUT2D eigenvalue weighted by atomic mass is 10.1. The zero-order chi connectivity index (χ0) is 18.8. The molecule has 3 aromatic heterocycles. The van der Waals surface area contributed by atoms with E-state index in [4.69, 9.17) is 0 Å². The largest absolute Gasteiger partial charge is 0.353 e. The van der Waals surface area contributed by atoms with Gasteiger partial charge >= 0.3 is 0 Å². The molecule has 4 heterocycles. The molecule has 136 valence electrons. The van der Waals surface area contributed by atoms with E-state index >= 15 is 0 Å². The minimum absolute atomic E-state index is 0.664. The highest BCUT2D eigenvalue weighted by atomic mass is 15.3. The molecular weight excluding hydrogens is 340 g/mol. The molecule has 1 saturated heterocycles. The van der Waals surface area contributed by atoms with E-state index < -0.39 is 0 Å². The van der Waals surface area contributed by atoms with Crippen LogP contribution >= 0.6 is 0 Å². The van der Waals surface area contributed by atoms with Crippen molar-refractivity contribution < 1.29 is 0 Å². The Balaban J connectivity index is 1.52. The van der Waals surface area contributed by atoms with Crippen molar-refractivity contribution in [2.45, 2.75) is 13.8 Å². The van der Waals surface area contributed by atoms with Crippen LogP contribution in [-0.4, -0.2) is 50.9 Å². The summed E-state index contributed by atoms with van der Waals surface area (Å²) in [6, 6.07) is 8.07. The van der Waals surface area contributed by atoms with Gasteiger partial charge in [-0.1, -0.05) is 0 Å². The van der Waals surface area contributed by atoms with Crippen LogP contribution in [0.3, 0.4) is 0 Å². The van der Waals surface area contributed by atoms with Crippen molar-refractivity contribution in [3.63, 3.8) is 0 Å². The average molecular weight is 360 g/mol. The SMILES string of the molecule is Cc1cc(C)c(C#N)c(N2CCN(c3cc(-n4cccn4)ncn3)CC2)n1. The van der Waals surface area contributed by atoms with Crippen LogP contribution < -0.4 is 9.80 Å². The van der Waals surface area contributed by atoms with Crippen LogP contribution in [0, 0.1) is 25.2 Å². The monoisotopic (exact) mass is 360 g/mol. The number of piperazine rings is 1. The Morgan fingerprint density at radius 1 is 1.00 bits per heavy atom. The Hall–Kier alpha value is -3.47. The molecule has 3 aromatic rings. The first-order chi connectivity index (χ1) is 13.2. The maximum atomic E-state index is 9.52. The number of pyridine rings is 1. The Labute approximate surface area is 157 Å². The van der Waals surface area contributed by atoms with Crippen LogP contribution in [0.2, 0.25) is 0 Å². The summed E-state index contributed by atoms with van der Waals surface area (Å²) in [4.78, 5) is 17.7. The molecule has 0 bridgehead atoms. The van der Waals surface area contributed by atoms with Crippen LogP contribution in [0.5, 0.6) is 0 Å². The molecule has 0 aromatic carbocycles. The minimum atomic E-state index is 0.664. The van der Waals surface area contributed by atoms with Gasteiger partial charge in [0.25, 0.3) is 0 Å². The minimum Gasteiger partial charge on any atom is -0.353 e. The van der Waals surface area contributed by atoms with Gasteiger partial charge in [-0.25, -0.2) is 19.6 Å². The van der Waals surface area contributed by atoms with Gasteiger partial charge in [0, 0.05) is 50.3 Å².